The molecule has 1 heterocycles. The van der Waals surface area contributed by atoms with E-state index in [-0.39, 0.29) is 23.1 Å². The molecule has 6 heteroatoms. The molecule has 19 heavy (non-hydrogen) atoms. The molecule has 0 aliphatic rings. The smallest absolute Gasteiger partial charge is 0.337 e. The first-order valence-electron chi connectivity index (χ1n) is 5.33. The molecule has 0 unspecified atom stereocenters. The van der Waals surface area contributed by atoms with Gasteiger partial charge in [0, 0.05) is 11.2 Å². The van der Waals surface area contributed by atoms with Gasteiger partial charge in [0.25, 0.3) is 0 Å². The summed E-state index contributed by atoms with van der Waals surface area (Å²) < 4.78 is 5.40. The normalized spacial score (nSPS) is 10.2. The Morgan fingerprint density at radius 3 is 2.79 bits per heavy atom. The number of carboxylic acids is 1. The summed E-state index contributed by atoms with van der Waals surface area (Å²) in [7, 11) is 0. The highest BCUT2D eigenvalue weighted by Crippen LogP contribution is 2.26. The van der Waals surface area contributed by atoms with Crippen LogP contribution in [0.5, 0.6) is 5.88 Å². The minimum Gasteiger partial charge on any atom is -0.478 e. The second kappa shape index (κ2) is 5.91. The summed E-state index contributed by atoms with van der Waals surface area (Å²) in [5.41, 5.74) is 0.795. The first-order chi connectivity index (χ1) is 9.08. The Balaban J connectivity index is 2.16. The van der Waals surface area contributed by atoms with Crippen LogP contribution in [0, 0.1) is 0 Å². The quantitative estimate of drug-likeness (QED) is 0.935. The third-order valence-electron chi connectivity index (χ3n) is 2.35. The first kappa shape index (κ1) is 13.6. The van der Waals surface area contributed by atoms with E-state index in [0.717, 1.165) is 5.56 Å². The molecule has 2 rings (SSSR count). The van der Waals surface area contributed by atoms with Crippen LogP contribution in [-0.4, -0.2) is 16.1 Å². The predicted octanol–water partition coefficient (Wildman–Crippen LogP) is 3.67. The predicted molar refractivity (Wildman–Crippen MR) is 72.0 cm³/mol. The topological polar surface area (TPSA) is 59.4 Å². The minimum atomic E-state index is -1.12. The van der Waals surface area contributed by atoms with Crippen LogP contribution in [-0.2, 0) is 6.61 Å². The maximum Gasteiger partial charge on any atom is 0.337 e. The molecule has 0 amide bonds. The Hall–Kier alpha value is -1.78. The molecule has 4 nitrogen and oxygen atoms in total. The fourth-order valence-corrected chi connectivity index (χ4v) is 1.93. The molecule has 0 aliphatic heterocycles. The number of rotatable bonds is 4. The third kappa shape index (κ3) is 3.36. The number of ether oxygens (including phenoxy) is 1. The lowest BCUT2D eigenvalue weighted by Crippen LogP contribution is -2.03. The molecule has 2 aromatic rings. The van der Waals surface area contributed by atoms with Crippen molar-refractivity contribution in [3.8, 4) is 5.88 Å². The highest BCUT2D eigenvalue weighted by atomic mass is 35.5. The zero-order valence-electron chi connectivity index (χ0n) is 9.64. The van der Waals surface area contributed by atoms with E-state index in [2.05, 4.69) is 4.98 Å². The number of benzene rings is 1. The van der Waals surface area contributed by atoms with E-state index < -0.39 is 5.97 Å². The molecule has 1 N–H and O–H groups in total. The maximum atomic E-state index is 10.9. The van der Waals surface area contributed by atoms with Crippen molar-refractivity contribution in [2.24, 2.45) is 0 Å². The van der Waals surface area contributed by atoms with Crippen LogP contribution in [0.4, 0.5) is 0 Å². The number of carboxylic acid groups (broad SMARTS) is 1. The molecular formula is C13H9Cl2NO3. The zero-order valence-corrected chi connectivity index (χ0v) is 11.1. The lowest BCUT2D eigenvalue weighted by atomic mass is 10.2. The molecule has 0 bridgehead atoms. The van der Waals surface area contributed by atoms with E-state index >= 15 is 0 Å². The third-order valence-corrected chi connectivity index (χ3v) is 2.95. The zero-order chi connectivity index (χ0) is 13.8. The maximum absolute atomic E-state index is 10.9. The van der Waals surface area contributed by atoms with Crippen LogP contribution in [0.25, 0.3) is 0 Å². The summed E-state index contributed by atoms with van der Waals surface area (Å²) in [5.74, 6) is -1.04. The van der Waals surface area contributed by atoms with Crippen LogP contribution in [0.2, 0.25) is 10.0 Å². The van der Waals surface area contributed by atoms with Crippen LogP contribution in [0.15, 0.2) is 36.5 Å². The van der Waals surface area contributed by atoms with Gasteiger partial charge < -0.3 is 9.84 Å². The van der Waals surface area contributed by atoms with E-state index in [0.29, 0.717) is 5.02 Å². The van der Waals surface area contributed by atoms with Crippen LogP contribution >= 0.6 is 23.2 Å². The van der Waals surface area contributed by atoms with Crippen molar-refractivity contribution in [1.29, 1.82) is 0 Å². The Morgan fingerprint density at radius 2 is 2.11 bits per heavy atom. The molecule has 0 fully saturated rings. The monoisotopic (exact) mass is 297 g/mol. The Labute approximate surface area is 119 Å². The SMILES string of the molecule is O=C(O)c1ccnc(OCc2cccc(Cl)c2)c1Cl. The van der Waals surface area contributed by atoms with Gasteiger partial charge >= 0.3 is 5.97 Å². The Morgan fingerprint density at radius 1 is 1.32 bits per heavy atom. The van der Waals surface area contributed by atoms with Gasteiger partial charge in [-0.25, -0.2) is 9.78 Å². The summed E-state index contributed by atoms with van der Waals surface area (Å²) in [6.07, 6.45) is 1.34. The Bertz CT molecular complexity index is 617. The largest absolute Gasteiger partial charge is 0.478 e. The van der Waals surface area contributed by atoms with Gasteiger partial charge in [0.05, 0.1) is 5.56 Å². The number of halogens is 2. The number of aromatic carboxylic acids is 1. The summed E-state index contributed by atoms with van der Waals surface area (Å²) in [5, 5.41) is 9.51. The van der Waals surface area contributed by atoms with Crippen molar-refractivity contribution in [2.75, 3.05) is 0 Å². The van der Waals surface area contributed by atoms with Gasteiger partial charge in [0.15, 0.2) is 0 Å². The average molecular weight is 298 g/mol. The van der Waals surface area contributed by atoms with Gasteiger partial charge in [-0.15, -0.1) is 0 Å². The van der Waals surface area contributed by atoms with E-state index in [1.54, 1.807) is 18.2 Å². The molecule has 0 radical (unpaired) electrons. The number of hydrogen-bond acceptors (Lipinski definition) is 3. The van der Waals surface area contributed by atoms with Crippen LogP contribution in [0.3, 0.4) is 0 Å². The molecule has 0 saturated carbocycles. The van der Waals surface area contributed by atoms with Crippen molar-refractivity contribution in [3.05, 3.63) is 57.7 Å². The standard InChI is InChI=1S/C13H9Cl2NO3/c14-9-3-1-2-8(6-9)7-19-12-11(15)10(13(17)18)4-5-16-12/h1-6H,7H2,(H,17,18). The van der Waals surface area contributed by atoms with E-state index in [1.165, 1.54) is 12.3 Å². The fourth-order valence-electron chi connectivity index (χ4n) is 1.47. The van der Waals surface area contributed by atoms with Crippen LogP contribution in [0.1, 0.15) is 15.9 Å². The van der Waals surface area contributed by atoms with Gasteiger partial charge in [-0.2, -0.15) is 0 Å². The van der Waals surface area contributed by atoms with E-state index in [4.69, 9.17) is 33.0 Å². The molecule has 1 aromatic heterocycles. The number of hydrogen-bond donors (Lipinski definition) is 1. The number of aromatic nitrogens is 1. The van der Waals surface area contributed by atoms with Gasteiger partial charge in [0.1, 0.15) is 11.6 Å². The van der Waals surface area contributed by atoms with Crippen molar-refractivity contribution < 1.29 is 14.6 Å². The number of pyridine rings is 1. The molecule has 0 saturated heterocycles. The van der Waals surface area contributed by atoms with E-state index in [9.17, 15) is 4.79 Å². The van der Waals surface area contributed by atoms with Gasteiger partial charge in [0.2, 0.25) is 5.88 Å². The molecule has 98 valence electrons. The first-order valence-corrected chi connectivity index (χ1v) is 6.08. The summed E-state index contributed by atoms with van der Waals surface area (Å²) >= 11 is 11.8. The molecule has 0 atom stereocenters. The molecule has 0 spiro atoms. The number of nitrogens with zero attached hydrogens (tertiary/aromatic N) is 1. The van der Waals surface area contributed by atoms with Gasteiger partial charge in [-0.1, -0.05) is 35.3 Å². The van der Waals surface area contributed by atoms with Crippen molar-refractivity contribution in [2.45, 2.75) is 6.61 Å². The molecular weight excluding hydrogens is 289 g/mol. The highest BCUT2D eigenvalue weighted by Gasteiger charge is 2.14. The molecule has 1 aromatic carbocycles. The lowest BCUT2D eigenvalue weighted by molar-refractivity contribution is 0.0696. The summed E-state index contributed by atoms with van der Waals surface area (Å²) in [4.78, 5) is 14.8. The van der Waals surface area contributed by atoms with Crippen molar-refractivity contribution >= 4 is 29.2 Å². The van der Waals surface area contributed by atoms with Crippen LogP contribution < -0.4 is 4.74 Å². The second-order valence-electron chi connectivity index (χ2n) is 3.70. The number of carbonyl (C=O) groups is 1. The Kier molecular flexibility index (Phi) is 4.24. The molecule has 0 aliphatic carbocycles. The second-order valence-corrected chi connectivity index (χ2v) is 4.52. The fraction of sp³-hybridized carbons (Fsp3) is 0.0769. The lowest BCUT2D eigenvalue weighted by Gasteiger charge is -2.08. The van der Waals surface area contributed by atoms with Gasteiger partial charge in [-0.3, -0.25) is 0 Å². The average Bonchev–Trinajstić information content (AvgIpc) is 2.37. The summed E-state index contributed by atoms with van der Waals surface area (Å²) in [6.45, 7) is 0.205. The van der Waals surface area contributed by atoms with Gasteiger partial charge in [-0.05, 0) is 23.8 Å². The summed E-state index contributed by atoms with van der Waals surface area (Å²) in [6, 6.07) is 8.44. The highest BCUT2D eigenvalue weighted by molar-refractivity contribution is 6.34. The van der Waals surface area contributed by atoms with E-state index in [1.807, 2.05) is 6.07 Å². The van der Waals surface area contributed by atoms with Crippen molar-refractivity contribution in [1.82, 2.24) is 4.98 Å². The minimum absolute atomic E-state index is 0.0166. The van der Waals surface area contributed by atoms with Crippen molar-refractivity contribution in [3.63, 3.8) is 0 Å².